The van der Waals surface area contributed by atoms with Crippen LogP contribution < -0.4 is 26.0 Å². The lowest BCUT2D eigenvalue weighted by Crippen LogP contribution is -2.29. The van der Waals surface area contributed by atoms with Gasteiger partial charge in [-0.3, -0.25) is 4.79 Å². The molecular weight excluding hydrogens is 526 g/mol. The Kier molecular flexibility index (Phi) is 8.45. The van der Waals surface area contributed by atoms with Crippen molar-refractivity contribution in [3.8, 4) is 5.75 Å². The van der Waals surface area contributed by atoms with Gasteiger partial charge >= 0.3 is 0 Å². The van der Waals surface area contributed by atoms with Crippen molar-refractivity contribution in [1.82, 2.24) is 20.2 Å². The number of methoxy groups -OCH3 is 1. The Morgan fingerprint density at radius 1 is 1.18 bits per heavy atom. The number of fused-ring (bicyclic) bond motifs is 1. The first-order valence-corrected chi connectivity index (χ1v) is 13.4. The van der Waals surface area contributed by atoms with Crippen molar-refractivity contribution in [1.29, 1.82) is 0 Å². The van der Waals surface area contributed by atoms with Gasteiger partial charge in [0.2, 0.25) is 11.9 Å². The van der Waals surface area contributed by atoms with E-state index >= 15 is 0 Å². The van der Waals surface area contributed by atoms with Crippen molar-refractivity contribution in [3.63, 3.8) is 0 Å². The second kappa shape index (κ2) is 12.3. The molecule has 1 aromatic heterocycles. The normalized spacial score (nSPS) is 15.7. The van der Waals surface area contributed by atoms with Crippen molar-refractivity contribution in [3.05, 3.63) is 84.0 Å². The fraction of sp³-hybridized carbons (Fsp3) is 0.233. The van der Waals surface area contributed by atoms with Gasteiger partial charge in [-0.25, -0.2) is 4.98 Å². The number of aromatic nitrogens is 2. The number of nitrogens with one attached hydrogen (secondary N) is 4. The molecule has 0 aliphatic carbocycles. The summed E-state index contributed by atoms with van der Waals surface area (Å²) in [4.78, 5) is 23.6. The van der Waals surface area contributed by atoms with Gasteiger partial charge in [0.05, 0.1) is 17.8 Å². The van der Waals surface area contributed by atoms with E-state index in [1.165, 1.54) is 6.08 Å². The maximum absolute atomic E-state index is 12.3. The summed E-state index contributed by atoms with van der Waals surface area (Å²) < 4.78 is 5.75. The third kappa shape index (κ3) is 6.34. The van der Waals surface area contributed by atoms with E-state index in [0.29, 0.717) is 33.9 Å². The molecule has 1 unspecified atom stereocenters. The molecule has 40 heavy (non-hydrogen) atoms. The molecule has 0 saturated carbocycles. The van der Waals surface area contributed by atoms with Crippen molar-refractivity contribution >= 4 is 57.1 Å². The van der Waals surface area contributed by atoms with Gasteiger partial charge in [-0.15, -0.1) is 0 Å². The molecule has 1 amide bonds. The van der Waals surface area contributed by atoms with Crippen LogP contribution in [0, 0.1) is 0 Å². The molecule has 10 heteroatoms. The molecule has 0 bridgehead atoms. The van der Waals surface area contributed by atoms with Gasteiger partial charge in [0, 0.05) is 35.5 Å². The summed E-state index contributed by atoms with van der Waals surface area (Å²) >= 11 is 6.51. The lowest BCUT2D eigenvalue weighted by Gasteiger charge is -2.25. The van der Waals surface area contributed by atoms with E-state index in [-0.39, 0.29) is 11.9 Å². The average Bonchev–Trinajstić information content (AvgIpc) is 3.17. The van der Waals surface area contributed by atoms with Crippen LogP contribution in [0.15, 0.2) is 73.4 Å². The van der Waals surface area contributed by atoms with E-state index in [1.54, 1.807) is 19.4 Å². The van der Waals surface area contributed by atoms with E-state index in [9.17, 15) is 4.79 Å². The molecule has 5 rings (SSSR count). The van der Waals surface area contributed by atoms with Gasteiger partial charge in [-0.2, -0.15) is 4.98 Å². The van der Waals surface area contributed by atoms with Crippen molar-refractivity contribution in [2.75, 3.05) is 49.7 Å². The van der Waals surface area contributed by atoms with Crippen LogP contribution in [0.3, 0.4) is 0 Å². The topological polar surface area (TPSA) is 103 Å². The van der Waals surface area contributed by atoms with Gasteiger partial charge < -0.3 is 30.9 Å². The maximum Gasteiger partial charge on any atom is 0.247 e. The number of hydrogen-bond acceptors (Lipinski definition) is 8. The Labute approximate surface area is 238 Å². The Morgan fingerprint density at radius 3 is 2.85 bits per heavy atom. The second-order valence-corrected chi connectivity index (χ2v) is 10.1. The first kappa shape index (κ1) is 27.4. The minimum absolute atomic E-state index is 0.00752. The molecule has 3 aromatic carbocycles. The summed E-state index contributed by atoms with van der Waals surface area (Å²) in [7, 11) is 3.71. The molecular formula is C30H32ClN7O2. The lowest BCUT2D eigenvalue weighted by atomic mass is 10.0. The standard InChI is InChI=1S/C30H32ClN7O2/c1-4-29(39)35-24-17-25(27(40-3)16-22(24)26-18-38(2)13-7-11-32-26)36-30-33-12-10-28(37-30)34-20-14-19-8-5-6-9-21(19)23(31)15-20/h4-6,8-10,12,14-17,26,32H,1,7,11,13,18H2,2-3H3,(H,35,39)(H2,33,34,36,37). The van der Waals surface area contributed by atoms with Gasteiger partial charge in [0.25, 0.3) is 0 Å². The number of rotatable bonds is 8. The van der Waals surface area contributed by atoms with E-state index in [2.05, 4.69) is 49.8 Å². The van der Waals surface area contributed by atoms with Crippen LogP contribution >= 0.6 is 11.6 Å². The summed E-state index contributed by atoms with van der Waals surface area (Å²) in [5, 5.41) is 15.8. The molecule has 4 aromatic rings. The number of halogens is 1. The van der Waals surface area contributed by atoms with Crippen LogP contribution in [0.1, 0.15) is 18.0 Å². The Balaban J connectivity index is 1.44. The number of carbonyl (C=O) groups is 1. The fourth-order valence-corrected chi connectivity index (χ4v) is 5.13. The largest absolute Gasteiger partial charge is 0.495 e. The highest BCUT2D eigenvalue weighted by Gasteiger charge is 2.23. The van der Waals surface area contributed by atoms with Crippen LogP contribution in [-0.4, -0.2) is 54.6 Å². The first-order chi connectivity index (χ1) is 19.4. The number of hydrogen-bond donors (Lipinski definition) is 4. The van der Waals surface area contributed by atoms with Crippen LogP contribution in [-0.2, 0) is 4.79 Å². The zero-order valence-electron chi connectivity index (χ0n) is 22.5. The van der Waals surface area contributed by atoms with Crippen LogP contribution in [0.5, 0.6) is 5.75 Å². The number of benzene rings is 3. The van der Waals surface area contributed by atoms with Gasteiger partial charge in [0.15, 0.2) is 0 Å². The molecule has 206 valence electrons. The molecule has 1 saturated heterocycles. The summed E-state index contributed by atoms with van der Waals surface area (Å²) in [5.74, 6) is 1.25. The quantitative estimate of drug-likeness (QED) is 0.199. The highest BCUT2D eigenvalue weighted by atomic mass is 35.5. The Morgan fingerprint density at radius 2 is 2.02 bits per heavy atom. The summed E-state index contributed by atoms with van der Waals surface area (Å²) in [6, 6.07) is 17.4. The molecule has 9 nitrogen and oxygen atoms in total. The van der Waals surface area contributed by atoms with Crippen LogP contribution in [0.2, 0.25) is 5.02 Å². The van der Waals surface area contributed by atoms with Crippen molar-refractivity contribution in [2.45, 2.75) is 12.5 Å². The smallest absolute Gasteiger partial charge is 0.247 e. The molecule has 0 radical (unpaired) electrons. The molecule has 1 fully saturated rings. The zero-order valence-corrected chi connectivity index (χ0v) is 23.3. The third-order valence-electron chi connectivity index (χ3n) is 6.78. The number of ether oxygens (including phenoxy) is 1. The molecule has 1 aliphatic heterocycles. The van der Waals surface area contributed by atoms with Crippen molar-refractivity contribution in [2.24, 2.45) is 0 Å². The van der Waals surface area contributed by atoms with E-state index < -0.39 is 0 Å². The number of likely N-dealkylation sites (N-methyl/N-ethyl adjacent to an activating group) is 1. The summed E-state index contributed by atoms with van der Waals surface area (Å²) in [5.41, 5.74) is 3.00. The fourth-order valence-electron chi connectivity index (χ4n) is 4.84. The predicted molar refractivity (Wildman–Crippen MR) is 162 cm³/mol. The average molecular weight is 558 g/mol. The zero-order chi connectivity index (χ0) is 28.1. The second-order valence-electron chi connectivity index (χ2n) is 9.65. The number of anilines is 5. The molecule has 1 aliphatic rings. The predicted octanol–water partition coefficient (Wildman–Crippen LogP) is 5.87. The highest BCUT2D eigenvalue weighted by Crippen LogP contribution is 2.37. The van der Waals surface area contributed by atoms with Crippen LogP contribution in [0.25, 0.3) is 10.8 Å². The molecule has 4 N–H and O–H groups in total. The maximum atomic E-state index is 12.3. The van der Waals surface area contributed by atoms with Crippen LogP contribution in [0.4, 0.5) is 28.8 Å². The van der Waals surface area contributed by atoms with Gasteiger partial charge in [-0.05, 0) is 73.9 Å². The molecule has 0 spiro atoms. The van der Waals surface area contributed by atoms with E-state index in [4.69, 9.17) is 16.3 Å². The lowest BCUT2D eigenvalue weighted by molar-refractivity contribution is -0.111. The number of nitrogens with zero attached hydrogens (tertiary/aromatic N) is 3. The van der Waals surface area contributed by atoms with Gasteiger partial charge in [0.1, 0.15) is 11.6 Å². The van der Waals surface area contributed by atoms with E-state index in [0.717, 1.165) is 48.1 Å². The Hall–Kier alpha value is -4.18. The number of carbonyl (C=O) groups excluding carboxylic acids is 1. The summed E-state index contributed by atoms with van der Waals surface area (Å²) in [6.07, 6.45) is 3.96. The molecule has 1 atom stereocenters. The summed E-state index contributed by atoms with van der Waals surface area (Å²) in [6.45, 7) is 6.28. The SMILES string of the molecule is C=CC(=O)Nc1cc(Nc2nccc(Nc3cc(Cl)c4ccccc4c3)n2)c(OC)cc1C1CN(C)CCCN1. The highest BCUT2D eigenvalue weighted by molar-refractivity contribution is 6.35. The minimum Gasteiger partial charge on any atom is -0.495 e. The minimum atomic E-state index is -0.296. The first-order valence-electron chi connectivity index (χ1n) is 13.1. The monoisotopic (exact) mass is 557 g/mol. The molecule has 2 heterocycles. The Bertz CT molecular complexity index is 1540. The number of amides is 1. The third-order valence-corrected chi connectivity index (χ3v) is 7.09. The van der Waals surface area contributed by atoms with Gasteiger partial charge in [-0.1, -0.05) is 42.4 Å². The van der Waals surface area contributed by atoms with Crippen molar-refractivity contribution < 1.29 is 9.53 Å². The van der Waals surface area contributed by atoms with E-state index in [1.807, 2.05) is 48.5 Å².